The number of aliphatic hydroxyl groups is 1. The van der Waals surface area contributed by atoms with E-state index in [0.29, 0.717) is 12.5 Å². The summed E-state index contributed by atoms with van der Waals surface area (Å²) in [7, 11) is 0. The highest BCUT2D eigenvalue weighted by Crippen LogP contribution is 2.40. The third-order valence-corrected chi connectivity index (χ3v) is 5.17. The van der Waals surface area contributed by atoms with E-state index in [-0.39, 0.29) is 31.0 Å². The Morgan fingerprint density at radius 3 is 2.64 bits per heavy atom. The minimum atomic E-state index is -4.46. The molecule has 25 heavy (non-hydrogen) atoms. The zero-order valence-corrected chi connectivity index (χ0v) is 13.9. The minimum Gasteiger partial charge on any atom is -0.392 e. The summed E-state index contributed by atoms with van der Waals surface area (Å²) in [5.41, 5.74) is -0.577. The van der Waals surface area contributed by atoms with Crippen LogP contribution in [0.3, 0.4) is 0 Å². The number of likely N-dealkylation sites (tertiary alicyclic amines) is 1. The summed E-state index contributed by atoms with van der Waals surface area (Å²) in [5, 5.41) is 12.8. The lowest BCUT2D eigenvalue weighted by Crippen LogP contribution is -2.40. The molecule has 0 bridgehead atoms. The smallest absolute Gasteiger partial charge is 0.392 e. The van der Waals surface area contributed by atoms with Gasteiger partial charge < -0.3 is 10.4 Å². The van der Waals surface area contributed by atoms with Gasteiger partial charge in [0, 0.05) is 19.1 Å². The van der Waals surface area contributed by atoms with Crippen LogP contribution < -0.4 is 5.32 Å². The Morgan fingerprint density at radius 2 is 2.00 bits per heavy atom. The predicted molar refractivity (Wildman–Crippen MR) is 86.7 cm³/mol. The third kappa shape index (κ3) is 4.33. The van der Waals surface area contributed by atoms with E-state index in [1.54, 1.807) is 11.0 Å². The molecule has 2 aliphatic rings. The Morgan fingerprint density at radius 1 is 1.28 bits per heavy atom. The van der Waals surface area contributed by atoms with Crippen LogP contribution in [-0.2, 0) is 11.0 Å². The van der Waals surface area contributed by atoms with E-state index in [9.17, 15) is 23.1 Å². The Bertz CT molecular complexity index is 617. The van der Waals surface area contributed by atoms with Gasteiger partial charge in [-0.25, -0.2) is 0 Å². The summed E-state index contributed by atoms with van der Waals surface area (Å²) in [6.07, 6.45) is -1.57. The fraction of sp³-hybridized carbons (Fsp3) is 0.611. The maximum atomic E-state index is 13.3. The Kier molecular flexibility index (Phi) is 5.34. The molecule has 1 saturated heterocycles. The van der Waals surface area contributed by atoms with Crippen molar-refractivity contribution < 1.29 is 23.1 Å². The molecule has 2 fully saturated rings. The van der Waals surface area contributed by atoms with Crippen LogP contribution in [0.25, 0.3) is 0 Å². The molecule has 7 heteroatoms. The van der Waals surface area contributed by atoms with Crippen molar-refractivity contribution in [2.75, 3.05) is 19.6 Å². The molecule has 0 radical (unpaired) electrons. The highest BCUT2D eigenvalue weighted by atomic mass is 19.4. The molecule has 138 valence electrons. The Hall–Kier alpha value is -1.60. The molecule has 4 nitrogen and oxygen atoms in total. The zero-order chi connectivity index (χ0) is 18.0. The summed E-state index contributed by atoms with van der Waals surface area (Å²) < 4.78 is 39.8. The van der Waals surface area contributed by atoms with Gasteiger partial charge >= 0.3 is 6.18 Å². The second kappa shape index (κ2) is 7.33. The SMILES string of the molecule is O=C(CN1CC(O)CC1c1ccccc1C(F)(F)F)NCC1CCC1. The number of β-amino-alcohol motifs (C(OH)–C–C–N with tert-alkyl or cyclic N) is 1. The van der Waals surface area contributed by atoms with Crippen molar-refractivity contribution in [3.63, 3.8) is 0 Å². The van der Waals surface area contributed by atoms with E-state index in [2.05, 4.69) is 5.32 Å². The van der Waals surface area contributed by atoms with Crippen LogP contribution >= 0.6 is 0 Å². The first-order valence-corrected chi connectivity index (χ1v) is 8.69. The average Bonchev–Trinajstić information content (AvgIpc) is 2.85. The van der Waals surface area contributed by atoms with E-state index >= 15 is 0 Å². The van der Waals surface area contributed by atoms with E-state index in [1.807, 2.05) is 0 Å². The van der Waals surface area contributed by atoms with Gasteiger partial charge in [-0.1, -0.05) is 24.6 Å². The summed E-state index contributed by atoms with van der Waals surface area (Å²) in [4.78, 5) is 13.8. The summed E-state index contributed by atoms with van der Waals surface area (Å²) in [6, 6.07) is 4.79. The normalized spacial score (nSPS) is 25.0. The summed E-state index contributed by atoms with van der Waals surface area (Å²) >= 11 is 0. The fourth-order valence-corrected chi connectivity index (χ4v) is 3.62. The number of benzene rings is 1. The number of amides is 1. The summed E-state index contributed by atoms with van der Waals surface area (Å²) in [5.74, 6) is 0.324. The number of carbonyl (C=O) groups excluding carboxylic acids is 1. The third-order valence-electron chi connectivity index (χ3n) is 5.17. The Labute approximate surface area is 145 Å². The maximum absolute atomic E-state index is 13.3. The fourth-order valence-electron chi connectivity index (χ4n) is 3.62. The lowest BCUT2D eigenvalue weighted by Gasteiger charge is -2.28. The molecule has 1 aliphatic heterocycles. The number of aliphatic hydroxyl groups excluding tert-OH is 1. The molecule has 2 atom stereocenters. The number of rotatable bonds is 5. The first-order chi connectivity index (χ1) is 11.8. The maximum Gasteiger partial charge on any atom is 0.416 e. The van der Waals surface area contributed by atoms with E-state index < -0.39 is 23.9 Å². The van der Waals surface area contributed by atoms with Crippen LogP contribution in [0.2, 0.25) is 0 Å². The second-order valence-corrected chi connectivity index (χ2v) is 7.02. The average molecular weight is 356 g/mol. The number of hydrogen-bond acceptors (Lipinski definition) is 3. The molecule has 2 unspecified atom stereocenters. The molecule has 0 aromatic heterocycles. The molecule has 0 spiro atoms. The molecule has 3 rings (SSSR count). The van der Waals surface area contributed by atoms with E-state index in [0.717, 1.165) is 18.9 Å². The van der Waals surface area contributed by atoms with Gasteiger partial charge in [0.1, 0.15) is 0 Å². The van der Waals surface area contributed by atoms with Crippen molar-refractivity contribution >= 4 is 5.91 Å². The molecule has 1 amide bonds. The van der Waals surface area contributed by atoms with Crippen molar-refractivity contribution in [1.29, 1.82) is 0 Å². The van der Waals surface area contributed by atoms with Gasteiger partial charge in [0.15, 0.2) is 0 Å². The molecule has 1 aromatic rings. The number of alkyl halides is 3. The predicted octanol–water partition coefficient (Wildman–Crippen LogP) is 2.73. The van der Waals surface area contributed by atoms with E-state index in [4.69, 9.17) is 0 Å². The van der Waals surface area contributed by atoms with Crippen molar-refractivity contribution in [2.45, 2.75) is 44.0 Å². The van der Waals surface area contributed by atoms with Gasteiger partial charge in [-0.05, 0) is 36.8 Å². The second-order valence-electron chi connectivity index (χ2n) is 7.02. The molecule has 1 heterocycles. The first-order valence-electron chi connectivity index (χ1n) is 8.69. The van der Waals surface area contributed by atoms with Gasteiger partial charge in [-0.2, -0.15) is 13.2 Å². The van der Waals surface area contributed by atoms with Crippen LogP contribution in [0.4, 0.5) is 13.2 Å². The number of carbonyl (C=O) groups is 1. The lowest BCUT2D eigenvalue weighted by molar-refractivity contribution is -0.138. The largest absolute Gasteiger partial charge is 0.416 e. The number of nitrogens with one attached hydrogen (secondary N) is 1. The van der Waals surface area contributed by atoms with Gasteiger partial charge in [0.05, 0.1) is 18.2 Å². The molecule has 2 N–H and O–H groups in total. The van der Waals surface area contributed by atoms with Gasteiger partial charge in [0.25, 0.3) is 0 Å². The minimum absolute atomic E-state index is 0.000633. The molecule has 1 aromatic carbocycles. The van der Waals surface area contributed by atoms with Gasteiger partial charge in [-0.3, -0.25) is 9.69 Å². The monoisotopic (exact) mass is 356 g/mol. The van der Waals surface area contributed by atoms with Gasteiger partial charge in [0.2, 0.25) is 5.91 Å². The number of halogens is 3. The first kappa shape index (κ1) is 18.2. The van der Waals surface area contributed by atoms with Crippen molar-refractivity contribution in [3.05, 3.63) is 35.4 Å². The number of hydrogen-bond donors (Lipinski definition) is 2. The van der Waals surface area contributed by atoms with Gasteiger partial charge in [-0.15, -0.1) is 0 Å². The quantitative estimate of drug-likeness (QED) is 0.853. The Balaban J connectivity index is 1.70. The van der Waals surface area contributed by atoms with Crippen molar-refractivity contribution in [1.82, 2.24) is 10.2 Å². The highest BCUT2D eigenvalue weighted by Gasteiger charge is 2.40. The molecule has 1 saturated carbocycles. The van der Waals surface area contributed by atoms with Crippen LogP contribution in [-0.4, -0.2) is 41.7 Å². The topological polar surface area (TPSA) is 52.6 Å². The standard InChI is InChI=1S/C18H23F3N2O2/c19-18(20,21)15-7-2-1-6-14(15)16-8-13(24)10-23(16)11-17(25)22-9-12-4-3-5-12/h1-2,6-7,12-13,16,24H,3-5,8-11H2,(H,22,25). The number of nitrogens with zero attached hydrogens (tertiary/aromatic N) is 1. The zero-order valence-electron chi connectivity index (χ0n) is 13.9. The summed E-state index contributed by atoms with van der Waals surface area (Å²) in [6.45, 7) is 0.827. The lowest BCUT2D eigenvalue weighted by atomic mass is 9.85. The molecule has 1 aliphatic carbocycles. The van der Waals surface area contributed by atoms with Crippen LogP contribution in [0.5, 0.6) is 0 Å². The highest BCUT2D eigenvalue weighted by molar-refractivity contribution is 5.78. The van der Waals surface area contributed by atoms with Crippen molar-refractivity contribution in [3.8, 4) is 0 Å². The van der Waals surface area contributed by atoms with E-state index in [1.165, 1.54) is 18.6 Å². The van der Waals surface area contributed by atoms with Crippen LogP contribution in [0, 0.1) is 5.92 Å². The van der Waals surface area contributed by atoms with Crippen molar-refractivity contribution in [2.24, 2.45) is 5.92 Å². The molecular weight excluding hydrogens is 333 g/mol. The van der Waals surface area contributed by atoms with Crippen LogP contribution in [0.15, 0.2) is 24.3 Å². The van der Waals surface area contributed by atoms with Crippen LogP contribution in [0.1, 0.15) is 42.9 Å². The molecular formula is C18H23F3N2O2.